The number of ether oxygens (including phenoxy) is 1. The van der Waals surface area contributed by atoms with E-state index in [9.17, 15) is 14.4 Å². The topological polar surface area (TPSA) is 90.3 Å². The highest BCUT2D eigenvalue weighted by molar-refractivity contribution is 7.09. The molecule has 0 saturated heterocycles. The number of nitrogens with zero attached hydrogens (tertiary/aromatic N) is 2. The first-order valence-corrected chi connectivity index (χ1v) is 9.85. The SMILES string of the molecule is CCn1c(=O)c(C)nc2cc(C(=O)OCC(=O)NCCc3cccs3)ccc21. The lowest BCUT2D eigenvalue weighted by Crippen LogP contribution is -2.30. The second kappa shape index (κ2) is 8.79. The largest absolute Gasteiger partial charge is 0.452 e. The summed E-state index contributed by atoms with van der Waals surface area (Å²) in [5, 5.41) is 4.71. The molecule has 2 heterocycles. The summed E-state index contributed by atoms with van der Waals surface area (Å²) >= 11 is 1.63. The number of aromatic nitrogens is 2. The first-order valence-electron chi connectivity index (χ1n) is 8.97. The fourth-order valence-electron chi connectivity index (χ4n) is 2.86. The molecule has 1 amide bonds. The highest BCUT2D eigenvalue weighted by Crippen LogP contribution is 2.14. The van der Waals surface area contributed by atoms with Crippen LogP contribution in [0.2, 0.25) is 0 Å². The minimum atomic E-state index is -0.607. The second-order valence-electron chi connectivity index (χ2n) is 6.21. The quantitative estimate of drug-likeness (QED) is 0.616. The Kier molecular flexibility index (Phi) is 6.20. The van der Waals surface area contributed by atoms with E-state index in [0.717, 1.165) is 6.42 Å². The molecule has 2 aromatic heterocycles. The summed E-state index contributed by atoms with van der Waals surface area (Å²) in [6.07, 6.45) is 0.742. The van der Waals surface area contributed by atoms with E-state index in [1.165, 1.54) is 4.88 Å². The third-order valence-corrected chi connectivity index (χ3v) is 5.21. The summed E-state index contributed by atoms with van der Waals surface area (Å²) < 4.78 is 6.70. The number of hydrogen-bond donors (Lipinski definition) is 1. The van der Waals surface area contributed by atoms with E-state index in [0.29, 0.717) is 29.8 Å². The van der Waals surface area contributed by atoms with E-state index in [2.05, 4.69) is 10.3 Å². The van der Waals surface area contributed by atoms with E-state index in [-0.39, 0.29) is 23.6 Å². The summed E-state index contributed by atoms with van der Waals surface area (Å²) in [5.41, 5.74) is 1.69. The average Bonchev–Trinajstić information content (AvgIpc) is 3.20. The van der Waals surface area contributed by atoms with Crippen LogP contribution in [-0.2, 0) is 22.5 Å². The lowest BCUT2D eigenvalue weighted by molar-refractivity contribution is -0.124. The van der Waals surface area contributed by atoms with E-state index < -0.39 is 5.97 Å². The molecule has 0 saturated carbocycles. The van der Waals surface area contributed by atoms with Gasteiger partial charge in [0.25, 0.3) is 11.5 Å². The van der Waals surface area contributed by atoms with Crippen LogP contribution in [0.1, 0.15) is 27.9 Å². The highest BCUT2D eigenvalue weighted by atomic mass is 32.1. The number of hydrogen-bond acceptors (Lipinski definition) is 6. The van der Waals surface area contributed by atoms with Crippen molar-refractivity contribution < 1.29 is 14.3 Å². The lowest BCUT2D eigenvalue weighted by Gasteiger charge is -2.10. The van der Waals surface area contributed by atoms with E-state index in [1.54, 1.807) is 41.0 Å². The summed E-state index contributed by atoms with van der Waals surface area (Å²) in [7, 11) is 0. The Morgan fingerprint density at radius 2 is 2.11 bits per heavy atom. The zero-order valence-corrected chi connectivity index (χ0v) is 16.5. The van der Waals surface area contributed by atoms with Crippen LogP contribution in [-0.4, -0.2) is 34.6 Å². The van der Waals surface area contributed by atoms with Crippen LogP contribution in [0.3, 0.4) is 0 Å². The molecule has 1 N–H and O–H groups in total. The predicted octanol–water partition coefficient (Wildman–Crippen LogP) is 2.30. The molecule has 1 aromatic carbocycles. The Hall–Kier alpha value is -3.00. The van der Waals surface area contributed by atoms with Gasteiger partial charge in [-0.1, -0.05) is 6.07 Å². The number of fused-ring (bicyclic) bond motifs is 1. The molecule has 0 radical (unpaired) electrons. The number of nitrogens with one attached hydrogen (secondary N) is 1. The van der Waals surface area contributed by atoms with Crippen molar-refractivity contribution in [2.24, 2.45) is 0 Å². The van der Waals surface area contributed by atoms with Crippen molar-refractivity contribution in [1.82, 2.24) is 14.9 Å². The van der Waals surface area contributed by atoms with Crippen molar-refractivity contribution in [2.75, 3.05) is 13.2 Å². The Labute approximate surface area is 166 Å². The first kappa shape index (κ1) is 19.8. The summed E-state index contributed by atoms with van der Waals surface area (Å²) in [5.74, 6) is -0.955. The number of benzene rings is 1. The predicted molar refractivity (Wildman–Crippen MR) is 108 cm³/mol. The number of rotatable bonds is 7. The zero-order valence-electron chi connectivity index (χ0n) is 15.7. The third-order valence-electron chi connectivity index (χ3n) is 4.27. The minimum Gasteiger partial charge on any atom is -0.452 e. The van der Waals surface area contributed by atoms with E-state index >= 15 is 0 Å². The average molecular weight is 399 g/mol. The number of aryl methyl sites for hydroxylation is 2. The van der Waals surface area contributed by atoms with Gasteiger partial charge < -0.3 is 14.6 Å². The molecular formula is C20H21N3O4S. The van der Waals surface area contributed by atoms with Crippen LogP contribution in [0.5, 0.6) is 0 Å². The van der Waals surface area contributed by atoms with Gasteiger partial charge in [-0.3, -0.25) is 9.59 Å². The number of carbonyl (C=O) groups is 2. The monoisotopic (exact) mass is 399 g/mol. The smallest absolute Gasteiger partial charge is 0.338 e. The van der Waals surface area contributed by atoms with E-state index in [4.69, 9.17) is 4.74 Å². The molecule has 3 rings (SSSR count). The van der Waals surface area contributed by atoms with Gasteiger partial charge in [0.2, 0.25) is 0 Å². The fourth-order valence-corrected chi connectivity index (χ4v) is 3.57. The Morgan fingerprint density at radius 3 is 2.82 bits per heavy atom. The van der Waals surface area contributed by atoms with Crippen molar-refractivity contribution in [3.8, 4) is 0 Å². The molecule has 7 nitrogen and oxygen atoms in total. The molecule has 0 aliphatic rings. The van der Waals surface area contributed by atoms with Crippen LogP contribution >= 0.6 is 11.3 Å². The maximum atomic E-state index is 12.3. The zero-order chi connectivity index (χ0) is 20.1. The number of carbonyl (C=O) groups excluding carboxylic acids is 2. The molecule has 0 bridgehead atoms. The van der Waals surface area contributed by atoms with Gasteiger partial charge in [-0.25, -0.2) is 9.78 Å². The van der Waals surface area contributed by atoms with Gasteiger partial charge >= 0.3 is 5.97 Å². The molecule has 0 fully saturated rings. The molecule has 28 heavy (non-hydrogen) atoms. The number of thiophene rings is 1. The molecule has 0 aliphatic heterocycles. The summed E-state index contributed by atoms with van der Waals surface area (Å²) in [4.78, 5) is 41.7. The Bertz CT molecular complexity index is 1060. The van der Waals surface area contributed by atoms with Gasteiger partial charge in [0.15, 0.2) is 6.61 Å². The van der Waals surface area contributed by atoms with Crippen molar-refractivity contribution >= 4 is 34.2 Å². The Morgan fingerprint density at radius 1 is 1.29 bits per heavy atom. The second-order valence-corrected chi connectivity index (χ2v) is 7.24. The van der Waals surface area contributed by atoms with Crippen molar-refractivity contribution in [1.29, 1.82) is 0 Å². The first-order chi connectivity index (χ1) is 13.5. The van der Waals surface area contributed by atoms with Crippen LogP contribution in [0, 0.1) is 6.92 Å². The standard InChI is InChI=1S/C20H21N3O4S/c1-3-23-17-7-6-14(11-16(17)22-13(2)19(23)25)20(26)27-12-18(24)21-9-8-15-5-4-10-28-15/h4-7,10-11H,3,8-9,12H2,1-2H3,(H,21,24). The molecule has 0 unspecified atom stereocenters. The molecular weight excluding hydrogens is 378 g/mol. The van der Waals surface area contributed by atoms with Gasteiger partial charge in [-0.05, 0) is 49.9 Å². The van der Waals surface area contributed by atoms with Crippen LogP contribution < -0.4 is 10.9 Å². The molecule has 146 valence electrons. The third kappa shape index (κ3) is 4.45. The minimum absolute atomic E-state index is 0.149. The lowest BCUT2D eigenvalue weighted by atomic mass is 10.2. The van der Waals surface area contributed by atoms with Gasteiger partial charge in [0.05, 0.1) is 16.6 Å². The number of esters is 1. The van der Waals surface area contributed by atoms with Crippen LogP contribution in [0.4, 0.5) is 0 Å². The van der Waals surface area contributed by atoms with Crippen molar-refractivity contribution in [3.05, 3.63) is 62.2 Å². The molecule has 8 heteroatoms. The van der Waals surface area contributed by atoms with E-state index in [1.807, 2.05) is 24.4 Å². The van der Waals surface area contributed by atoms with Crippen molar-refractivity contribution in [2.45, 2.75) is 26.8 Å². The fraction of sp³-hybridized carbons (Fsp3) is 0.300. The van der Waals surface area contributed by atoms with Gasteiger partial charge in [0.1, 0.15) is 5.69 Å². The molecule has 0 spiro atoms. The maximum Gasteiger partial charge on any atom is 0.338 e. The molecule has 0 atom stereocenters. The van der Waals surface area contributed by atoms with Gasteiger partial charge in [-0.15, -0.1) is 11.3 Å². The highest BCUT2D eigenvalue weighted by Gasteiger charge is 2.13. The summed E-state index contributed by atoms with van der Waals surface area (Å²) in [6, 6.07) is 8.78. The number of amides is 1. The summed E-state index contributed by atoms with van der Waals surface area (Å²) in [6.45, 7) is 4.17. The van der Waals surface area contributed by atoms with Crippen LogP contribution in [0.15, 0.2) is 40.5 Å². The van der Waals surface area contributed by atoms with Gasteiger partial charge in [-0.2, -0.15) is 0 Å². The molecule has 0 aliphatic carbocycles. The van der Waals surface area contributed by atoms with Gasteiger partial charge in [0, 0.05) is 18.0 Å². The van der Waals surface area contributed by atoms with Crippen molar-refractivity contribution in [3.63, 3.8) is 0 Å². The molecule has 3 aromatic rings. The maximum absolute atomic E-state index is 12.3. The Balaban J connectivity index is 1.61. The van der Waals surface area contributed by atoms with Crippen LogP contribution in [0.25, 0.3) is 11.0 Å². The normalized spacial score (nSPS) is 10.8.